The third-order valence-corrected chi connectivity index (χ3v) is 11.5. The van der Waals surface area contributed by atoms with Gasteiger partial charge in [0.1, 0.15) is 22.5 Å². The van der Waals surface area contributed by atoms with Gasteiger partial charge in [-0.05, 0) is 84.5 Å². The van der Waals surface area contributed by atoms with Crippen LogP contribution in [0.4, 0.5) is 5.82 Å². The first-order valence-electron chi connectivity index (χ1n) is 21.9. The summed E-state index contributed by atoms with van der Waals surface area (Å²) in [5.41, 5.74) is 7.50. The van der Waals surface area contributed by atoms with Gasteiger partial charge in [0, 0.05) is 42.8 Å². The zero-order valence-electron chi connectivity index (χ0n) is 36.9. The monoisotopic (exact) mass is 942 g/mol. The van der Waals surface area contributed by atoms with Gasteiger partial charge in [-0.25, -0.2) is 14.8 Å². The summed E-state index contributed by atoms with van der Waals surface area (Å²) in [6.45, 7) is 1.28. The van der Waals surface area contributed by atoms with Crippen molar-refractivity contribution in [3.63, 3.8) is 0 Å². The number of nitrogens with one attached hydrogen (secondary N) is 3. The second kappa shape index (κ2) is 23.6. The molecule has 352 valence electrons. The van der Waals surface area contributed by atoms with Gasteiger partial charge in [0.05, 0.1) is 30.7 Å². The number of pyridine rings is 2. The number of aliphatic carboxylic acids is 1. The number of hydrogen-bond acceptors (Lipinski definition) is 13. The van der Waals surface area contributed by atoms with E-state index < -0.39 is 22.1 Å². The number of anilines is 1. The highest BCUT2D eigenvalue weighted by Gasteiger charge is 2.21. The molecule has 17 nitrogen and oxygen atoms in total. The molecule has 0 spiro atoms. The molecule has 4 aromatic carbocycles. The van der Waals surface area contributed by atoms with Gasteiger partial charge in [0.25, 0.3) is 16.0 Å². The number of fused-ring (bicyclic) bond motifs is 1. The fourth-order valence-electron chi connectivity index (χ4n) is 7.07. The van der Waals surface area contributed by atoms with E-state index in [2.05, 4.69) is 26.1 Å². The summed E-state index contributed by atoms with van der Waals surface area (Å²) < 4.78 is 55.5. The van der Waals surface area contributed by atoms with Crippen molar-refractivity contribution in [3.8, 4) is 45.5 Å². The Morgan fingerprint density at radius 2 is 1.54 bits per heavy atom. The number of amides is 2. The van der Waals surface area contributed by atoms with Crippen molar-refractivity contribution < 1.29 is 51.4 Å². The molecule has 1 unspecified atom stereocenters. The Morgan fingerprint density at radius 1 is 0.779 bits per heavy atom. The molecule has 18 heteroatoms. The molecule has 0 radical (unpaired) electrons. The highest BCUT2D eigenvalue weighted by Crippen LogP contribution is 2.37. The maximum Gasteiger partial charge on any atom is 0.326 e. The van der Waals surface area contributed by atoms with Crippen LogP contribution in [-0.2, 0) is 26.1 Å². The van der Waals surface area contributed by atoms with Gasteiger partial charge < -0.3 is 34.7 Å². The fraction of sp³-hybridized carbons (Fsp3) is 0.240. The first kappa shape index (κ1) is 48.1. The number of unbranched alkanes of at least 4 members (excludes halogenated alkanes) is 3. The van der Waals surface area contributed by atoms with Gasteiger partial charge in [-0.3, -0.25) is 19.6 Å². The number of carboxylic acids is 1. The standard InChI is InChI=1S/C50H50N6O11S/c57-47(15-6-1-2-9-25-65-48-30-39(28-41(55-48)35-11-4-3-5-12-35)36-18-22-43-44(29-36)67-33-66-43)54-42(50(59)60)27-34-16-20-40(21-17-34)64-26-10-24-51-49(58)38-19-23-46(52-31-38)56-53-32-37-13-7-8-14-45(37)68(61,62)63/h3-5,7-8,11-14,16-23,28-32,42H,1-2,6,9-10,15,24-27,33H2,(H,51,58)(H,52,56)(H,54,57)(H,59,60)(H,61,62,63)/b53-32+. The van der Waals surface area contributed by atoms with Gasteiger partial charge in [-0.15, -0.1) is 0 Å². The molecule has 3 heterocycles. The maximum absolute atomic E-state index is 12.8. The number of ether oxygens (including phenoxy) is 4. The van der Waals surface area contributed by atoms with E-state index >= 15 is 0 Å². The second-order valence-corrected chi connectivity index (χ2v) is 17.0. The third-order valence-electron chi connectivity index (χ3n) is 10.6. The molecule has 5 N–H and O–H groups in total. The Balaban J connectivity index is 0.767. The summed E-state index contributed by atoms with van der Waals surface area (Å²) >= 11 is 0. The number of benzene rings is 4. The minimum Gasteiger partial charge on any atom is -0.494 e. The molecule has 0 aliphatic carbocycles. The van der Waals surface area contributed by atoms with Gasteiger partial charge in [0.2, 0.25) is 18.6 Å². The lowest BCUT2D eigenvalue weighted by Crippen LogP contribution is -2.42. The van der Waals surface area contributed by atoms with Crippen LogP contribution in [0.1, 0.15) is 60.0 Å². The highest BCUT2D eigenvalue weighted by atomic mass is 32.2. The largest absolute Gasteiger partial charge is 0.494 e. The van der Waals surface area contributed by atoms with E-state index in [0.717, 1.165) is 41.6 Å². The molecule has 68 heavy (non-hydrogen) atoms. The highest BCUT2D eigenvalue weighted by molar-refractivity contribution is 7.86. The normalized spacial score (nSPS) is 12.3. The molecule has 6 aromatic rings. The Kier molecular flexibility index (Phi) is 16.7. The first-order chi connectivity index (χ1) is 33.0. The minimum atomic E-state index is -4.42. The molecule has 0 saturated carbocycles. The van der Waals surface area contributed by atoms with Gasteiger partial charge in [-0.1, -0.05) is 79.6 Å². The lowest BCUT2D eigenvalue weighted by Gasteiger charge is -2.15. The lowest BCUT2D eigenvalue weighted by atomic mass is 10.0. The SMILES string of the molecule is O=C(CCCCCCOc1cc(-c2ccc3c(c2)OCO3)cc(-c2ccccc2)n1)NC(Cc1ccc(OCCCNC(=O)c2ccc(N/N=C/c3ccccc3S(=O)(=O)O)nc2)cc1)C(=O)O. The van der Waals surface area contributed by atoms with Crippen LogP contribution in [-0.4, -0.2) is 84.6 Å². The van der Waals surface area contributed by atoms with Crippen molar-refractivity contribution >= 4 is 39.9 Å². The van der Waals surface area contributed by atoms with Gasteiger partial charge in [0.15, 0.2) is 11.5 Å². The molecular weight excluding hydrogens is 893 g/mol. The van der Waals surface area contributed by atoms with E-state index in [1.54, 1.807) is 36.4 Å². The molecule has 0 bridgehead atoms. The Hall–Kier alpha value is -7.83. The molecule has 1 aliphatic rings. The van der Waals surface area contributed by atoms with Crippen molar-refractivity contribution in [1.29, 1.82) is 0 Å². The Bertz CT molecular complexity index is 2810. The van der Waals surface area contributed by atoms with Crippen molar-refractivity contribution in [2.45, 2.75) is 55.9 Å². The van der Waals surface area contributed by atoms with Crippen molar-refractivity contribution in [1.82, 2.24) is 20.6 Å². The zero-order valence-corrected chi connectivity index (χ0v) is 37.7. The number of carbonyl (C=O) groups is 3. The van der Waals surface area contributed by atoms with Crippen molar-refractivity contribution in [2.75, 3.05) is 32.0 Å². The second-order valence-electron chi connectivity index (χ2n) is 15.6. The number of nitrogens with zero attached hydrogens (tertiary/aromatic N) is 3. The first-order valence-corrected chi connectivity index (χ1v) is 23.4. The maximum atomic E-state index is 12.8. The summed E-state index contributed by atoms with van der Waals surface area (Å²) in [6, 6.07) is 34.4. The van der Waals surface area contributed by atoms with Crippen LogP contribution in [0.2, 0.25) is 0 Å². The predicted octanol–water partition coefficient (Wildman–Crippen LogP) is 7.57. The van der Waals surface area contributed by atoms with Crippen LogP contribution in [0.3, 0.4) is 0 Å². The molecule has 1 aliphatic heterocycles. The summed E-state index contributed by atoms with van der Waals surface area (Å²) in [6.07, 6.45) is 6.35. The van der Waals surface area contributed by atoms with Crippen LogP contribution in [0.5, 0.6) is 23.1 Å². The van der Waals surface area contributed by atoms with Crippen LogP contribution in [0.25, 0.3) is 22.4 Å². The van der Waals surface area contributed by atoms with Crippen LogP contribution < -0.4 is 35.0 Å². The number of aromatic nitrogens is 2. The van der Waals surface area contributed by atoms with E-state index in [1.807, 2.05) is 60.7 Å². The zero-order chi connectivity index (χ0) is 47.7. The summed E-state index contributed by atoms with van der Waals surface area (Å²) in [5.74, 6) is 0.998. The van der Waals surface area contributed by atoms with E-state index in [9.17, 15) is 32.5 Å². The number of rotatable bonds is 24. The van der Waals surface area contributed by atoms with E-state index in [0.29, 0.717) is 72.7 Å². The minimum absolute atomic E-state index is 0.102. The van der Waals surface area contributed by atoms with E-state index in [-0.39, 0.29) is 41.9 Å². The molecule has 2 amide bonds. The average molecular weight is 943 g/mol. The van der Waals surface area contributed by atoms with Crippen LogP contribution in [0.15, 0.2) is 138 Å². The number of carbonyl (C=O) groups excluding carboxylic acids is 2. The number of hydrazone groups is 1. The predicted molar refractivity (Wildman–Crippen MR) is 254 cm³/mol. The summed E-state index contributed by atoms with van der Waals surface area (Å²) in [5, 5.41) is 19.3. The van der Waals surface area contributed by atoms with E-state index in [1.165, 1.54) is 36.7 Å². The lowest BCUT2D eigenvalue weighted by molar-refractivity contribution is -0.141. The molecule has 0 fully saturated rings. The molecule has 0 saturated heterocycles. The van der Waals surface area contributed by atoms with Crippen molar-refractivity contribution in [3.05, 3.63) is 144 Å². The molecular formula is C50H50N6O11S. The fourth-order valence-corrected chi connectivity index (χ4v) is 7.74. The quantitative estimate of drug-likeness (QED) is 0.0170. The number of hydrogen-bond donors (Lipinski definition) is 5. The van der Waals surface area contributed by atoms with Crippen molar-refractivity contribution in [2.24, 2.45) is 5.10 Å². The van der Waals surface area contributed by atoms with Crippen LogP contribution in [0, 0.1) is 0 Å². The van der Waals surface area contributed by atoms with Gasteiger partial charge >= 0.3 is 5.97 Å². The Labute approximate surface area is 393 Å². The number of carboxylic acid groups (broad SMARTS) is 1. The summed E-state index contributed by atoms with van der Waals surface area (Å²) in [7, 11) is -4.42. The van der Waals surface area contributed by atoms with E-state index in [4.69, 9.17) is 23.9 Å². The van der Waals surface area contributed by atoms with Crippen LogP contribution >= 0.6 is 0 Å². The molecule has 1 atom stereocenters. The molecule has 7 rings (SSSR count). The summed E-state index contributed by atoms with van der Waals surface area (Å²) in [4.78, 5) is 46.0. The third kappa shape index (κ3) is 14.1. The molecule has 2 aromatic heterocycles. The average Bonchev–Trinajstić information content (AvgIpc) is 3.82. The van der Waals surface area contributed by atoms with Gasteiger partial charge in [-0.2, -0.15) is 13.5 Å². The Morgan fingerprint density at radius 3 is 2.32 bits per heavy atom. The topological polar surface area (TPSA) is 237 Å². The smallest absolute Gasteiger partial charge is 0.326 e.